The lowest BCUT2D eigenvalue weighted by molar-refractivity contribution is 0.178. The van der Waals surface area contributed by atoms with Crippen molar-refractivity contribution in [1.82, 2.24) is 0 Å². The minimum absolute atomic E-state index is 0.458. The van der Waals surface area contributed by atoms with E-state index in [1.807, 2.05) is 24.3 Å². The van der Waals surface area contributed by atoms with E-state index in [2.05, 4.69) is 22.6 Å². The lowest BCUT2D eigenvalue weighted by Gasteiger charge is -2.13. The van der Waals surface area contributed by atoms with Crippen molar-refractivity contribution < 1.29 is 5.11 Å². The number of aliphatic hydroxyl groups is 1. The Morgan fingerprint density at radius 2 is 1.89 bits per heavy atom. The van der Waals surface area contributed by atoms with Crippen molar-refractivity contribution in [2.75, 3.05) is 0 Å². The zero-order valence-electron chi connectivity index (χ0n) is 9.41. The Hall–Kier alpha value is -0.290. The van der Waals surface area contributed by atoms with Gasteiger partial charge in [0.25, 0.3) is 0 Å². The molecular formula is C14H11Cl2IO. The fraction of sp³-hybridized carbons (Fsp3) is 0.143. The maximum atomic E-state index is 10.2. The molecule has 0 amide bonds. The van der Waals surface area contributed by atoms with Crippen molar-refractivity contribution in [2.24, 2.45) is 0 Å². The van der Waals surface area contributed by atoms with Gasteiger partial charge in [-0.25, -0.2) is 0 Å². The molecule has 0 bridgehead atoms. The number of hydrogen-bond acceptors (Lipinski definition) is 1. The third-order valence-corrected chi connectivity index (χ3v) is 3.93. The van der Waals surface area contributed by atoms with Gasteiger partial charge in [0.15, 0.2) is 0 Å². The lowest BCUT2D eigenvalue weighted by atomic mass is 10.0. The van der Waals surface area contributed by atoms with E-state index in [-0.39, 0.29) is 0 Å². The van der Waals surface area contributed by atoms with E-state index in [4.69, 9.17) is 23.2 Å². The maximum absolute atomic E-state index is 10.2. The van der Waals surface area contributed by atoms with Crippen LogP contribution in [-0.4, -0.2) is 5.11 Å². The Morgan fingerprint density at radius 3 is 2.61 bits per heavy atom. The van der Waals surface area contributed by atoms with Crippen LogP contribution < -0.4 is 0 Å². The van der Waals surface area contributed by atoms with Crippen LogP contribution in [0.25, 0.3) is 0 Å². The zero-order chi connectivity index (χ0) is 13.1. The van der Waals surface area contributed by atoms with Gasteiger partial charge in [-0.2, -0.15) is 0 Å². The lowest BCUT2D eigenvalue weighted by Crippen LogP contribution is -2.02. The molecule has 0 aromatic heterocycles. The Balaban J connectivity index is 2.21. The van der Waals surface area contributed by atoms with Crippen LogP contribution >= 0.6 is 45.8 Å². The smallest absolute Gasteiger partial charge is 0.0831 e. The molecule has 2 aromatic carbocycles. The first-order chi connectivity index (χ1) is 8.56. The second kappa shape index (κ2) is 6.24. The molecule has 18 heavy (non-hydrogen) atoms. The molecule has 0 saturated heterocycles. The predicted octanol–water partition coefficient (Wildman–Crippen LogP) is 4.87. The average molecular weight is 393 g/mol. The second-order valence-corrected chi connectivity index (χ2v) is 6.10. The predicted molar refractivity (Wildman–Crippen MR) is 84.3 cm³/mol. The summed E-state index contributed by atoms with van der Waals surface area (Å²) in [5.74, 6) is 0. The first-order valence-electron chi connectivity index (χ1n) is 5.44. The largest absolute Gasteiger partial charge is 0.388 e. The van der Waals surface area contributed by atoms with E-state index in [1.54, 1.807) is 18.2 Å². The van der Waals surface area contributed by atoms with Gasteiger partial charge < -0.3 is 5.11 Å². The summed E-state index contributed by atoms with van der Waals surface area (Å²) in [6.45, 7) is 0. The number of rotatable bonds is 3. The Kier molecular flexibility index (Phi) is 4.90. The Morgan fingerprint density at radius 1 is 1.11 bits per heavy atom. The highest BCUT2D eigenvalue weighted by atomic mass is 127. The van der Waals surface area contributed by atoms with E-state index in [9.17, 15) is 5.11 Å². The number of hydrogen-bond donors (Lipinski definition) is 1. The summed E-state index contributed by atoms with van der Waals surface area (Å²) in [5.41, 5.74) is 1.74. The van der Waals surface area contributed by atoms with Gasteiger partial charge in [-0.3, -0.25) is 0 Å². The van der Waals surface area contributed by atoms with Crippen LogP contribution in [0.3, 0.4) is 0 Å². The molecule has 94 valence electrons. The van der Waals surface area contributed by atoms with Crippen LogP contribution in [0.5, 0.6) is 0 Å². The van der Waals surface area contributed by atoms with Gasteiger partial charge in [0.1, 0.15) is 0 Å². The van der Waals surface area contributed by atoms with Crippen molar-refractivity contribution in [3.05, 3.63) is 67.2 Å². The molecule has 0 aliphatic rings. The molecule has 0 spiro atoms. The monoisotopic (exact) mass is 392 g/mol. The van der Waals surface area contributed by atoms with E-state index >= 15 is 0 Å². The first kappa shape index (κ1) is 14.1. The molecule has 4 heteroatoms. The molecule has 0 saturated carbocycles. The molecule has 0 aliphatic heterocycles. The van der Waals surface area contributed by atoms with Crippen molar-refractivity contribution in [2.45, 2.75) is 12.5 Å². The van der Waals surface area contributed by atoms with E-state index < -0.39 is 6.10 Å². The van der Waals surface area contributed by atoms with Gasteiger partial charge in [-0.1, -0.05) is 35.3 Å². The SMILES string of the molecule is OC(Cc1cc(Cl)ccc1Cl)c1cccc(I)c1. The summed E-state index contributed by atoms with van der Waals surface area (Å²) in [6.07, 6.45) is -0.116. The van der Waals surface area contributed by atoms with Crippen molar-refractivity contribution >= 4 is 45.8 Å². The molecule has 1 nitrogen and oxygen atoms in total. The molecule has 1 unspecified atom stereocenters. The summed E-state index contributed by atoms with van der Waals surface area (Å²) >= 11 is 14.2. The minimum Gasteiger partial charge on any atom is -0.388 e. The summed E-state index contributed by atoms with van der Waals surface area (Å²) < 4.78 is 1.10. The third-order valence-electron chi connectivity index (χ3n) is 2.65. The van der Waals surface area contributed by atoms with Gasteiger partial charge in [-0.05, 0) is 64.0 Å². The fourth-order valence-corrected chi connectivity index (χ4v) is 2.70. The Bertz CT molecular complexity index is 557. The molecular weight excluding hydrogens is 382 g/mol. The van der Waals surface area contributed by atoms with Crippen LogP contribution in [0.2, 0.25) is 10.0 Å². The molecule has 2 rings (SSSR count). The highest BCUT2D eigenvalue weighted by Gasteiger charge is 2.11. The van der Waals surface area contributed by atoms with Gasteiger partial charge >= 0.3 is 0 Å². The van der Waals surface area contributed by atoms with Crippen LogP contribution in [0, 0.1) is 3.57 Å². The normalized spacial score (nSPS) is 12.4. The summed E-state index contributed by atoms with van der Waals surface area (Å²) in [7, 11) is 0. The van der Waals surface area contributed by atoms with Crippen LogP contribution in [-0.2, 0) is 6.42 Å². The number of benzene rings is 2. The molecule has 0 aliphatic carbocycles. The fourth-order valence-electron chi connectivity index (χ4n) is 1.74. The standard InChI is InChI=1S/C14H11Cl2IO/c15-11-4-5-13(16)10(6-11)8-14(18)9-2-1-3-12(17)7-9/h1-7,14,18H,8H2. The second-order valence-electron chi connectivity index (χ2n) is 4.01. The third kappa shape index (κ3) is 3.60. The molecule has 2 aromatic rings. The van der Waals surface area contributed by atoms with E-state index in [1.165, 1.54) is 0 Å². The number of aliphatic hydroxyl groups excluding tert-OH is 1. The molecule has 0 radical (unpaired) electrons. The summed E-state index contributed by atoms with van der Waals surface area (Å²) in [6, 6.07) is 13.1. The summed E-state index contributed by atoms with van der Waals surface area (Å²) in [5, 5.41) is 11.5. The van der Waals surface area contributed by atoms with Crippen LogP contribution in [0.15, 0.2) is 42.5 Å². The number of halogens is 3. The van der Waals surface area contributed by atoms with Crippen molar-refractivity contribution in [3.8, 4) is 0 Å². The first-order valence-corrected chi connectivity index (χ1v) is 7.27. The molecule has 0 heterocycles. The minimum atomic E-state index is -0.573. The van der Waals surface area contributed by atoms with Gasteiger partial charge in [0.2, 0.25) is 0 Å². The average Bonchev–Trinajstić information content (AvgIpc) is 2.34. The highest BCUT2D eigenvalue weighted by Crippen LogP contribution is 2.26. The van der Waals surface area contributed by atoms with E-state index in [0.717, 1.165) is 14.7 Å². The molecule has 0 fully saturated rings. The van der Waals surface area contributed by atoms with Crippen LogP contribution in [0.4, 0.5) is 0 Å². The van der Waals surface area contributed by atoms with Crippen molar-refractivity contribution in [1.29, 1.82) is 0 Å². The maximum Gasteiger partial charge on any atom is 0.0831 e. The van der Waals surface area contributed by atoms with Crippen LogP contribution in [0.1, 0.15) is 17.2 Å². The van der Waals surface area contributed by atoms with Crippen molar-refractivity contribution in [3.63, 3.8) is 0 Å². The summed E-state index contributed by atoms with van der Waals surface area (Å²) in [4.78, 5) is 0. The van der Waals surface area contributed by atoms with Gasteiger partial charge in [0, 0.05) is 20.0 Å². The van der Waals surface area contributed by atoms with Gasteiger partial charge in [0.05, 0.1) is 6.10 Å². The van der Waals surface area contributed by atoms with E-state index in [0.29, 0.717) is 16.5 Å². The quantitative estimate of drug-likeness (QED) is 0.738. The Labute approximate surface area is 130 Å². The highest BCUT2D eigenvalue weighted by molar-refractivity contribution is 14.1. The molecule has 1 N–H and O–H groups in total. The van der Waals surface area contributed by atoms with Gasteiger partial charge in [-0.15, -0.1) is 0 Å². The zero-order valence-corrected chi connectivity index (χ0v) is 13.1. The molecule has 1 atom stereocenters. The topological polar surface area (TPSA) is 20.2 Å².